The largest absolute Gasteiger partial charge is 0.492 e. The van der Waals surface area contributed by atoms with Crippen LogP contribution in [0.4, 0.5) is 0 Å². The van der Waals surface area contributed by atoms with Gasteiger partial charge in [-0.2, -0.15) is 0 Å². The monoisotopic (exact) mass is 432 g/mol. The highest BCUT2D eigenvalue weighted by Crippen LogP contribution is 2.31. The molecule has 0 bridgehead atoms. The molecule has 3 N–H and O–H groups in total. The van der Waals surface area contributed by atoms with E-state index in [0.717, 1.165) is 48.8 Å². The molecule has 0 unspecified atom stereocenters. The van der Waals surface area contributed by atoms with Crippen LogP contribution in [0.5, 0.6) is 11.5 Å². The van der Waals surface area contributed by atoms with E-state index in [1.165, 1.54) is 6.42 Å². The van der Waals surface area contributed by atoms with Gasteiger partial charge in [0.15, 0.2) is 0 Å². The quantitative estimate of drug-likeness (QED) is 0.664. The van der Waals surface area contributed by atoms with Crippen LogP contribution in [-0.2, 0) is 10.0 Å². The third-order valence-electron chi connectivity index (χ3n) is 4.92. The molecule has 1 aliphatic rings. The number of benzene rings is 2. The third-order valence-corrected chi connectivity index (χ3v) is 5.48. The molecule has 0 spiro atoms. The lowest BCUT2D eigenvalue weighted by atomic mass is 9.97. The second kappa shape index (κ2) is 9.95. The van der Waals surface area contributed by atoms with Gasteiger partial charge in [-0.25, -0.2) is 13.1 Å². The first-order chi connectivity index (χ1) is 14.4. The van der Waals surface area contributed by atoms with E-state index >= 15 is 0 Å². The fourth-order valence-corrected chi connectivity index (χ4v) is 3.94. The van der Waals surface area contributed by atoms with Gasteiger partial charge in [-0.05, 0) is 61.1 Å². The molecule has 3 rings (SSSR count). The van der Waals surface area contributed by atoms with E-state index in [4.69, 9.17) is 15.2 Å². The summed E-state index contributed by atoms with van der Waals surface area (Å²) in [7, 11) is -3.67. The second-order valence-corrected chi connectivity index (χ2v) is 9.20. The number of carbonyl (C=O) groups is 1. The highest BCUT2D eigenvalue weighted by atomic mass is 32.2. The van der Waals surface area contributed by atoms with Crippen molar-refractivity contribution in [2.24, 2.45) is 5.73 Å². The van der Waals surface area contributed by atoms with Crippen LogP contribution in [0.2, 0.25) is 0 Å². The number of hydrogen-bond acceptors (Lipinski definition) is 6. The van der Waals surface area contributed by atoms with Gasteiger partial charge >= 0.3 is 0 Å². The van der Waals surface area contributed by atoms with Crippen molar-refractivity contribution < 1.29 is 22.7 Å². The Morgan fingerprint density at radius 1 is 1.07 bits per heavy atom. The average molecular weight is 433 g/mol. The molecule has 2 aromatic rings. The summed E-state index contributed by atoms with van der Waals surface area (Å²) in [5.74, 6) is 0.427. The van der Waals surface area contributed by atoms with Crippen molar-refractivity contribution in [2.75, 3.05) is 19.4 Å². The topological polar surface area (TPSA) is 108 Å². The molecule has 1 saturated carbocycles. The number of nitrogens with one attached hydrogen (secondary N) is 1. The molecule has 1 amide bonds. The first-order valence-electron chi connectivity index (χ1n) is 10.1. The molecule has 0 aliphatic heterocycles. The summed E-state index contributed by atoms with van der Waals surface area (Å²) in [4.78, 5) is 12.5. The Balaban J connectivity index is 1.89. The van der Waals surface area contributed by atoms with E-state index in [1.807, 2.05) is 29.0 Å². The summed E-state index contributed by atoms with van der Waals surface area (Å²) < 4.78 is 36.7. The van der Waals surface area contributed by atoms with Gasteiger partial charge in [0.2, 0.25) is 10.0 Å². The molecular weight excluding hydrogens is 404 g/mol. The summed E-state index contributed by atoms with van der Waals surface area (Å²) in [6.45, 7) is 0.892. The number of sulfonamides is 1. The van der Waals surface area contributed by atoms with Crippen molar-refractivity contribution in [3.05, 3.63) is 48.0 Å². The zero-order chi connectivity index (χ0) is 21.6. The summed E-state index contributed by atoms with van der Waals surface area (Å²) in [5.41, 5.74) is 7.46. The first kappa shape index (κ1) is 22.1. The molecule has 0 aromatic heterocycles. The highest BCUT2D eigenvalue weighted by molar-refractivity contribution is 7.89. The van der Waals surface area contributed by atoms with E-state index in [1.54, 1.807) is 18.2 Å². The lowest BCUT2D eigenvalue weighted by Crippen LogP contribution is -2.30. The standard InChI is InChI=1S/C22H28N2O5S/c1-30(26,27)24-22(25)20-12-9-17(15-21(20)29-19-5-3-2-4-6-19)16-7-10-18(11-8-16)28-14-13-23/h7-12,15,19H,2-6,13-14,23H2,1H3,(H,24,25). The van der Waals surface area contributed by atoms with Crippen LogP contribution in [0.25, 0.3) is 11.1 Å². The number of amides is 1. The molecule has 1 fully saturated rings. The van der Waals surface area contributed by atoms with Crippen molar-refractivity contribution in [3.8, 4) is 22.6 Å². The summed E-state index contributed by atoms with van der Waals surface area (Å²) >= 11 is 0. The average Bonchev–Trinajstić information content (AvgIpc) is 2.72. The van der Waals surface area contributed by atoms with Crippen LogP contribution >= 0.6 is 0 Å². The zero-order valence-corrected chi connectivity index (χ0v) is 17.9. The minimum atomic E-state index is -3.67. The number of nitrogens with two attached hydrogens (primary N) is 1. The molecule has 0 radical (unpaired) electrons. The maximum Gasteiger partial charge on any atom is 0.268 e. The fraction of sp³-hybridized carbons (Fsp3) is 0.409. The molecule has 2 aromatic carbocycles. The lowest BCUT2D eigenvalue weighted by Gasteiger charge is -2.24. The van der Waals surface area contributed by atoms with Gasteiger partial charge in [0.05, 0.1) is 17.9 Å². The molecule has 162 valence electrons. The van der Waals surface area contributed by atoms with E-state index in [-0.39, 0.29) is 11.7 Å². The fourth-order valence-electron chi connectivity index (χ4n) is 3.49. The predicted molar refractivity (Wildman–Crippen MR) is 116 cm³/mol. The van der Waals surface area contributed by atoms with E-state index in [2.05, 4.69) is 0 Å². The molecule has 30 heavy (non-hydrogen) atoms. The van der Waals surface area contributed by atoms with Gasteiger partial charge in [0, 0.05) is 6.54 Å². The van der Waals surface area contributed by atoms with Crippen molar-refractivity contribution in [1.29, 1.82) is 0 Å². The second-order valence-electron chi connectivity index (χ2n) is 7.45. The van der Waals surface area contributed by atoms with Crippen molar-refractivity contribution in [3.63, 3.8) is 0 Å². The third kappa shape index (κ3) is 6.21. The Hall–Kier alpha value is -2.58. The SMILES string of the molecule is CS(=O)(=O)NC(=O)c1ccc(-c2ccc(OCCN)cc2)cc1OC1CCCCC1. The minimum absolute atomic E-state index is 0.0193. The van der Waals surface area contributed by atoms with E-state index < -0.39 is 15.9 Å². The maximum absolute atomic E-state index is 12.5. The van der Waals surface area contributed by atoms with Crippen molar-refractivity contribution in [2.45, 2.75) is 38.2 Å². The molecule has 8 heteroatoms. The smallest absolute Gasteiger partial charge is 0.268 e. The van der Waals surface area contributed by atoms with Crippen LogP contribution in [0.15, 0.2) is 42.5 Å². The Morgan fingerprint density at radius 2 is 1.73 bits per heavy atom. The maximum atomic E-state index is 12.5. The van der Waals surface area contributed by atoms with Crippen molar-refractivity contribution in [1.82, 2.24) is 4.72 Å². The lowest BCUT2D eigenvalue weighted by molar-refractivity contribution is 0.0969. The summed E-state index contributed by atoms with van der Waals surface area (Å²) in [6, 6.07) is 12.7. The zero-order valence-electron chi connectivity index (χ0n) is 17.1. The summed E-state index contributed by atoms with van der Waals surface area (Å²) in [5, 5.41) is 0. The van der Waals surface area contributed by atoms with E-state index in [9.17, 15) is 13.2 Å². The van der Waals surface area contributed by atoms with Gasteiger partial charge in [-0.1, -0.05) is 24.6 Å². The Morgan fingerprint density at radius 3 is 2.37 bits per heavy atom. The molecule has 1 aliphatic carbocycles. The molecule has 7 nitrogen and oxygen atoms in total. The minimum Gasteiger partial charge on any atom is -0.492 e. The van der Waals surface area contributed by atoms with Crippen LogP contribution in [-0.4, -0.2) is 39.8 Å². The van der Waals surface area contributed by atoms with Crippen LogP contribution in [0, 0.1) is 0 Å². The highest BCUT2D eigenvalue weighted by Gasteiger charge is 2.21. The molecule has 0 atom stereocenters. The van der Waals surface area contributed by atoms with Gasteiger partial charge in [0.25, 0.3) is 5.91 Å². The Bertz CT molecular complexity index is 968. The van der Waals surface area contributed by atoms with Gasteiger partial charge in [-0.3, -0.25) is 4.79 Å². The van der Waals surface area contributed by atoms with Crippen molar-refractivity contribution >= 4 is 15.9 Å². The summed E-state index contributed by atoms with van der Waals surface area (Å²) in [6.07, 6.45) is 6.16. The van der Waals surface area contributed by atoms with Gasteiger partial charge in [0.1, 0.15) is 18.1 Å². The molecule has 0 saturated heterocycles. The predicted octanol–water partition coefficient (Wildman–Crippen LogP) is 3.09. The van der Waals surface area contributed by atoms with Crippen LogP contribution in [0.3, 0.4) is 0 Å². The number of hydrogen-bond donors (Lipinski definition) is 2. The van der Waals surface area contributed by atoms with Crippen LogP contribution in [0.1, 0.15) is 42.5 Å². The van der Waals surface area contributed by atoms with E-state index in [0.29, 0.717) is 18.9 Å². The number of carbonyl (C=O) groups excluding carboxylic acids is 1. The molecular formula is C22H28N2O5S. The number of ether oxygens (including phenoxy) is 2. The van der Waals surface area contributed by atoms with Crippen LogP contribution < -0.4 is 19.9 Å². The number of rotatable bonds is 8. The molecule has 0 heterocycles. The Labute approximate surface area is 177 Å². The van der Waals surface area contributed by atoms with Gasteiger partial charge in [-0.15, -0.1) is 0 Å². The van der Waals surface area contributed by atoms with Gasteiger partial charge < -0.3 is 15.2 Å². The normalized spacial score (nSPS) is 14.9. The first-order valence-corrected chi connectivity index (χ1v) is 12.0. The Kier molecular flexibility index (Phi) is 7.33.